The number of methoxy groups -OCH3 is 1. The maximum absolute atomic E-state index is 12.9. The third-order valence-corrected chi connectivity index (χ3v) is 6.73. The highest BCUT2D eigenvalue weighted by Gasteiger charge is 2.33. The molecule has 0 aliphatic rings. The van der Waals surface area contributed by atoms with Crippen molar-refractivity contribution in [2.24, 2.45) is 0 Å². The van der Waals surface area contributed by atoms with Crippen molar-refractivity contribution in [3.63, 3.8) is 0 Å². The fourth-order valence-corrected chi connectivity index (χ4v) is 4.81. The monoisotopic (exact) mass is 384 g/mol. The predicted octanol–water partition coefficient (Wildman–Crippen LogP) is 2.68. The largest absolute Gasteiger partial charge is 0.495 e. The standard InChI is InChI=1S/C16H20N2O5S2/c1-9-10(2)24-15(17-9)16(3,4)18-25(21,22)13-8-11(14(19)20)6-7-12(13)23-5/h6-8,18H,1-5H3,(H,19,20). The van der Waals surface area contributed by atoms with Crippen LogP contribution in [0, 0.1) is 13.8 Å². The van der Waals surface area contributed by atoms with E-state index in [1.165, 1.54) is 30.6 Å². The Kier molecular flexibility index (Phi) is 5.22. The molecule has 2 aromatic rings. The van der Waals surface area contributed by atoms with Crippen LogP contribution in [0.1, 0.15) is 39.8 Å². The highest BCUT2D eigenvalue weighted by Crippen LogP contribution is 2.31. The lowest BCUT2D eigenvalue weighted by Gasteiger charge is -2.24. The summed E-state index contributed by atoms with van der Waals surface area (Å²) in [6, 6.07) is 3.69. The average molecular weight is 384 g/mol. The molecule has 2 N–H and O–H groups in total. The molecule has 0 aliphatic carbocycles. The van der Waals surface area contributed by atoms with Crippen LogP contribution in [0.4, 0.5) is 0 Å². The van der Waals surface area contributed by atoms with E-state index in [0.717, 1.165) is 16.6 Å². The number of thiazole rings is 1. The van der Waals surface area contributed by atoms with Gasteiger partial charge in [-0.3, -0.25) is 0 Å². The first-order chi connectivity index (χ1) is 11.5. The number of aromatic carboxylic acids is 1. The number of rotatable bonds is 6. The molecule has 0 spiro atoms. The highest BCUT2D eigenvalue weighted by atomic mass is 32.2. The average Bonchev–Trinajstić information content (AvgIpc) is 2.86. The lowest BCUT2D eigenvalue weighted by molar-refractivity contribution is 0.0696. The molecule has 0 amide bonds. The van der Waals surface area contributed by atoms with E-state index in [1.54, 1.807) is 13.8 Å². The molecule has 1 aromatic carbocycles. The van der Waals surface area contributed by atoms with Gasteiger partial charge in [0.2, 0.25) is 10.0 Å². The quantitative estimate of drug-likeness (QED) is 0.793. The Balaban J connectivity index is 2.48. The van der Waals surface area contributed by atoms with Crippen LogP contribution in [0.3, 0.4) is 0 Å². The molecule has 0 atom stereocenters. The summed E-state index contributed by atoms with van der Waals surface area (Å²) in [5.74, 6) is -1.15. The first kappa shape index (κ1) is 19.4. The zero-order valence-corrected chi connectivity index (χ0v) is 16.2. The van der Waals surface area contributed by atoms with Crippen molar-refractivity contribution in [2.75, 3.05) is 7.11 Å². The highest BCUT2D eigenvalue weighted by molar-refractivity contribution is 7.89. The van der Waals surface area contributed by atoms with E-state index < -0.39 is 21.5 Å². The SMILES string of the molecule is COc1ccc(C(=O)O)cc1S(=O)(=O)NC(C)(C)c1nc(C)c(C)s1. The molecule has 0 unspecified atom stereocenters. The molecule has 0 aliphatic heterocycles. The van der Waals surface area contributed by atoms with Crippen molar-refractivity contribution >= 4 is 27.3 Å². The Hall–Kier alpha value is -1.97. The first-order valence-electron chi connectivity index (χ1n) is 7.38. The van der Waals surface area contributed by atoms with Gasteiger partial charge in [0.25, 0.3) is 0 Å². The van der Waals surface area contributed by atoms with Gasteiger partial charge in [0.1, 0.15) is 15.7 Å². The number of hydrogen-bond donors (Lipinski definition) is 2. The summed E-state index contributed by atoms with van der Waals surface area (Å²) < 4.78 is 33.4. The summed E-state index contributed by atoms with van der Waals surface area (Å²) in [5.41, 5.74) is -0.259. The Morgan fingerprint density at radius 3 is 2.44 bits per heavy atom. The molecule has 2 rings (SSSR count). The fraction of sp³-hybridized carbons (Fsp3) is 0.375. The second-order valence-corrected chi connectivity index (χ2v) is 8.92. The van der Waals surface area contributed by atoms with Gasteiger partial charge in [-0.1, -0.05) is 0 Å². The lowest BCUT2D eigenvalue weighted by atomic mass is 10.1. The van der Waals surface area contributed by atoms with Crippen LogP contribution < -0.4 is 9.46 Å². The van der Waals surface area contributed by atoms with Crippen LogP contribution in [-0.4, -0.2) is 31.6 Å². The third kappa shape index (κ3) is 4.00. The molecular weight excluding hydrogens is 364 g/mol. The van der Waals surface area contributed by atoms with Gasteiger partial charge >= 0.3 is 5.97 Å². The van der Waals surface area contributed by atoms with Crippen LogP contribution in [0.2, 0.25) is 0 Å². The zero-order chi connectivity index (χ0) is 19.0. The van der Waals surface area contributed by atoms with Crippen LogP contribution in [0.5, 0.6) is 5.75 Å². The molecule has 0 radical (unpaired) electrons. The van der Waals surface area contributed by atoms with Gasteiger partial charge in [-0.25, -0.2) is 18.2 Å². The van der Waals surface area contributed by atoms with E-state index in [1.807, 2.05) is 13.8 Å². The van der Waals surface area contributed by atoms with Crippen LogP contribution in [0.15, 0.2) is 23.1 Å². The molecule has 0 bridgehead atoms. The van der Waals surface area contributed by atoms with E-state index in [4.69, 9.17) is 9.84 Å². The van der Waals surface area contributed by atoms with E-state index in [0.29, 0.717) is 5.01 Å². The molecule has 0 saturated carbocycles. The molecule has 9 heteroatoms. The lowest BCUT2D eigenvalue weighted by Crippen LogP contribution is -2.41. The summed E-state index contributed by atoms with van der Waals surface area (Å²) >= 11 is 1.41. The third-order valence-electron chi connectivity index (χ3n) is 3.65. The summed E-state index contributed by atoms with van der Waals surface area (Å²) in [6.45, 7) is 7.19. The minimum absolute atomic E-state index is 0.0693. The van der Waals surface area contributed by atoms with E-state index >= 15 is 0 Å². The summed E-state index contributed by atoms with van der Waals surface area (Å²) in [7, 11) is -2.71. The van der Waals surface area contributed by atoms with Gasteiger partial charge in [-0.05, 0) is 45.9 Å². The van der Waals surface area contributed by atoms with Gasteiger partial charge in [0, 0.05) is 4.88 Å². The maximum Gasteiger partial charge on any atom is 0.335 e. The Morgan fingerprint density at radius 2 is 1.96 bits per heavy atom. The van der Waals surface area contributed by atoms with Gasteiger partial charge in [-0.2, -0.15) is 4.72 Å². The molecule has 1 aromatic heterocycles. The smallest absolute Gasteiger partial charge is 0.335 e. The summed E-state index contributed by atoms with van der Waals surface area (Å²) in [6.07, 6.45) is 0. The topological polar surface area (TPSA) is 106 Å². The first-order valence-corrected chi connectivity index (χ1v) is 9.67. The van der Waals surface area contributed by atoms with Gasteiger partial charge in [0.05, 0.1) is 23.9 Å². The normalized spacial score (nSPS) is 12.2. The molecule has 136 valence electrons. The second-order valence-electron chi connectivity index (χ2n) is 6.06. The number of ether oxygens (including phenoxy) is 1. The number of hydrogen-bond acceptors (Lipinski definition) is 6. The minimum Gasteiger partial charge on any atom is -0.495 e. The second kappa shape index (κ2) is 6.74. The number of nitrogens with zero attached hydrogens (tertiary/aromatic N) is 1. The molecular formula is C16H20N2O5S2. The van der Waals surface area contributed by atoms with Crippen LogP contribution in [0.25, 0.3) is 0 Å². The number of carbonyl (C=O) groups is 1. The van der Waals surface area contributed by atoms with Crippen molar-refractivity contribution in [1.82, 2.24) is 9.71 Å². The van der Waals surface area contributed by atoms with Crippen molar-refractivity contribution < 1.29 is 23.1 Å². The van der Waals surface area contributed by atoms with Crippen LogP contribution >= 0.6 is 11.3 Å². The number of benzene rings is 1. The molecule has 25 heavy (non-hydrogen) atoms. The maximum atomic E-state index is 12.9. The zero-order valence-electron chi connectivity index (χ0n) is 14.6. The van der Waals surface area contributed by atoms with Crippen molar-refractivity contribution in [3.05, 3.63) is 39.3 Å². The number of aromatic nitrogens is 1. The van der Waals surface area contributed by atoms with Crippen molar-refractivity contribution in [3.8, 4) is 5.75 Å². The Labute approximate surface area is 150 Å². The molecule has 1 heterocycles. The molecule has 0 fully saturated rings. The van der Waals surface area contributed by atoms with E-state index in [-0.39, 0.29) is 16.2 Å². The summed E-state index contributed by atoms with van der Waals surface area (Å²) in [4.78, 5) is 16.4. The fourth-order valence-electron chi connectivity index (χ4n) is 2.19. The Bertz CT molecular complexity index is 897. The van der Waals surface area contributed by atoms with Gasteiger partial charge in [-0.15, -0.1) is 11.3 Å². The summed E-state index contributed by atoms with van der Waals surface area (Å²) in [5, 5.41) is 9.74. The molecule has 7 nitrogen and oxygen atoms in total. The van der Waals surface area contributed by atoms with Gasteiger partial charge < -0.3 is 9.84 Å². The number of aryl methyl sites for hydroxylation is 2. The predicted molar refractivity (Wildman–Crippen MR) is 94.9 cm³/mol. The minimum atomic E-state index is -4.04. The van der Waals surface area contributed by atoms with E-state index in [9.17, 15) is 13.2 Å². The molecule has 0 saturated heterocycles. The number of carboxylic acids is 1. The van der Waals surface area contributed by atoms with Gasteiger partial charge in [0.15, 0.2) is 0 Å². The van der Waals surface area contributed by atoms with Crippen molar-refractivity contribution in [2.45, 2.75) is 38.1 Å². The Morgan fingerprint density at radius 1 is 1.32 bits per heavy atom. The number of nitrogens with one attached hydrogen (secondary N) is 1. The van der Waals surface area contributed by atoms with E-state index in [2.05, 4.69) is 9.71 Å². The van der Waals surface area contributed by atoms with Crippen molar-refractivity contribution in [1.29, 1.82) is 0 Å². The number of carboxylic acid groups (broad SMARTS) is 1. The van der Waals surface area contributed by atoms with Crippen LogP contribution in [-0.2, 0) is 15.6 Å². The number of sulfonamides is 1.